The van der Waals surface area contributed by atoms with Crippen molar-refractivity contribution in [2.45, 2.75) is 6.54 Å². The zero-order valence-electron chi connectivity index (χ0n) is 17.1. The van der Waals surface area contributed by atoms with Crippen LogP contribution in [0.15, 0.2) is 47.6 Å². The monoisotopic (exact) mass is 665 g/mol. The van der Waals surface area contributed by atoms with E-state index in [1.54, 1.807) is 13.3 Å². The molecule has 0 saturated heterocycles. The third-order valence-corrected chi connectivity index (χ3v) is 5.35. The zero-order chi connectivity index (χ0) is 21.5. The van der Waals surface area contributed by atoms with Crippen LogP contribution in [-0.2, 0) is 6.54 Å². The molecule has 2 aromatic carbocycles. The van der Waals surface area contributed by atoms with Crippen LogP contribution in [0.3, 0.4) is 0 Å². The SMILES string of the molecule is COc1c(I)cc(I)cc1C=NNc1nc(NCc2ccccc2)nc(N(C)C)n1.Cl. The van der Waals surface area contributed by atoms with Gasteiger partial charge in [-0.15, -0.1) is 12.4 Å². The third kappa shape index (κ3) is 7.31. The maximum atomic E-state index is 5.49. The van der Waals surface area contributed by atoms with Gasteiger partial charge in [-0.3, -0.25) is 0 Å². The average molecular weight is 666 g/mol. The van der Waals surface area contributed by atoms with Gasteiger partial charge in [-0.2, -0.15) is 20.1 Å². The number of rotatable bonds is 8. The van der Waals surface area contributed by atoms with E-state index >= 15 is 0 Å². The Morgan fingerprint density at radius 2 is 1.77 bits per heavy atom. The van der Waals surface area contributed by atoms with Crippen LogP contribution in [0, 0.1) is 7.14 Å². The molecule has 0 radical (unpaired) electrons. The van der Waals surface area contributed by atoms with Gasteiger partial charge in [0.2, 0.25) is 17.8 Å². The number of anilines is 3. The van der Waals surface area contributed by atoms with Crippen LogP contribution in [0.4, 0.5) is 17.8 Å². The summed E-state index contributed by atoms with van der Waals surface area (Å²) in [5, 5.41) is 7.54. The lowest BCUT2D eigenvalue weighted by Gasteiger charge is -2.13. The highest BCUT2D eigenvalue weighted by Crippen LogP contribution is 2.27. The smallest absolute Gasteiger partial charge is 0.250 e. The van der Waals surface area contributed by atoms with Gasteiger partial charge in [-0.25, -0.2) is 5.43 Å². The summed E-state index contributed by atoms with van der Waals surface area (Å²) >= 11 is 4.51. The molecule has 3 rings (SSSR count). The van der Waals surface area contributed by atoms with Crippen molar-refractivity contribution in [3.05, 3.63) is 60.7 Å². The molecule has 0 amide bonds. The number of aromatic nitrogens is 3. The van der Waals surface area contributed by atoms with Crippen LogP contribution < -0.4 is 20.4 Å². The summed E-state index contributed by atoms with van der Waals surface area (Å²) in [6, 6.07) is 14.1. The zero-order valence-corrected chi connectivity index (χ0v) is 22.3. The fourth-order valence-corrected chi connectivity index (χ4v) is 4.63. The van der Waals surface area contributed by atoms with Crippen molar-refractivity contribution in [1.29, 1.82) is 0 Å². The van der Waals surface area contributed by atoms with E-state index in [1.165, 1.54) is 0 Å². The molecule has 0 saturated carbocycles. The first-order chi connectivity index (χ1) is 14.5. The summed E-state index contributed by atoms with van der Waals surface area (Å²) < 4.78 is 7.61. The molecular formula is C20H22ClI2N7O. The molecule has 0 bridgehead atoms. The molecule has 2 N–H and O–H groups in total. The Balaban J connectivity index is 0.00000341. The van der Waals surface area contributed by atoms with Crippen molar-refractivity contribution >= 4 is 81.6 Å². The van der Waals surface area contributed by atoms with Gasteiger partial charge in [0, 0.05) is 29.8 Å². The molecule has 0 fully saturated rings. The molecule has 3 aromatic rings. The summed E-state index contributed by atoms with van der Waals surface area (Å²) in [6.45, 7) is 0.610. The van der Waals surface area contributed by atoms with Crippen LogP contribution >= 0.6 is 57.6 Å². The van der Waals surface area contributed by atoms with E-state index in [2.05, 4.69) is 76.0 Å². The summed E-state index contributed by atoms with van der Waals surface area (Å²) in [5.74, 6) is 2.12. The Hall–Kier alpha value is -1.93. The lowest BCUT2D eigenvalue weighted by Crippen LogP contribution is -2.16. The molecule has 0 unspecified atom stereocenters. The molecule has 0 atom stereocenters. The lowest BCUT2D eigenvalue weighted by atomic mass is 10.2. The number of nitrogens with zero attached hydrogens (tertiary/aromatic N) is 5. The number of hydrogen-bond donors (Lipinski definition) is 2. The topological polar surface area (TPSA) is 87.6 Å². The Morgan fingerprint density at radius 1 is 1.06 bits per heavy atom. The second-order valence-electron chi connectivity index (χ2n) is 6.40. The normalized spacial score (nSPS) is 10.5. The lowest BCUT2D eigenvalue weighted by molar-refractivity contribution is 0.411. The van der Waals surface area contributed by atoms with Crippen molar-refractivity contribution in [2.24, 2.45) is 5.10 Å². The summed E-state index contributed by atoms with van der Waals surface area (Å²) in [4.78, 5) is 15.1. The minimum atomic E-state index is 0. The third-order valence-electron chi connectivity index (χ3n) is 3.93. The molecule has 31 heavy (non-hydrogen) atoms. The highest BCUT2D eigenvalue weighted by molar-refractivity contribution is 14.1. The van der Waals surface area contributed by atoms with Gasteiger partial charge in [-0.1, -0.05) is 30.3 Å². The van der Waals surface area contributed by atoms with E-state index in [4.69, 9.17) is 4.74 Å². The molecule has 8 nitrogen and oxygen atoms in total. The minimum Gasteiger partial charge on any atom is -0.495 e. The minimum absolute atomic E-state index is 0. The summed E-state index contributed by atoms with van der Waals surface area (Å²) in [6.07, 6.45) is 1.69. The van der Waals surface area contributed by atoms with Crippen LogP contribution in [0.1, 0.15) is 11.1 Å². The summed E-state index contributed by atoms with van der Waals surface area (Å²) in [7, 11) is 5.40. The largest absolute Gasteiger partial charge is 0.495 e. The predicted octanol–water partition coefficient (Wildman–Crippen LogP) is 4.64. The van der Waals surface area contributed by atoms with Crippen LogP contribution in [0.2, 0.25) is 0 Å². The molecule has 164 valence electrons. The Kier molecular flexibility index (Phi) is 9.96. The number of nitrogens with one attached hydrogen (secondary N) is 2. The maximum Gasteiger partial charge on any atom is 0.250 e. The standard InChI is InChI=1S/C20H21I2N7O.ClH/c1-29(2)20-26-18(23-11-13-7-5-4-6-8-13)25-19(27-20)28-24-12-14-9-15(21)10-16(22)17(14)30-3;/h4-10,12H,11H2,1-3H3,(H2,23,25,26,27,28);1H. The van der Waals surface area contributed by atoms with E-state index in [9.17, 15) is 0 Å². The van der Waals surface area contributed by atoms with Gasteiger partial charge in [0.1, 0.15) is 5.75 Å². The number of hydrogen-bond acceptors (Lipinski definition) is 8. The quantitative estimate of drug-likeness (QED) is 0.206. The molecule has 1 aromatic heterocycles. The van der Waals surface area contributed by atoms with Crippen LogP contribution in [0.5, 0.6) is 5.75 Å². The molecule has 0 aliphatic heterocycles. The molecule has 1 heterocycles. The second-order valence-corrected chi connectivity index (χ2v) is 8.80. The van der Waals surface area contributed by atoms with Gasteiger partial charge < -0.3 is 15.0 Å². The van der Waals surface area contributed by atoms with E-state index in [-0.39, 0.29) is 12.4 Å². The Labute approximate surface area is 215 Å². The van der Waals surface area contributed by atoms with E-state index < -0.39 is 0 Å². The van der Waals surface area contributed by atoms with Gasteiger partial charge in [0.05, 0.1) is 16.9 Å². The highest BCUT2D eigenvalue weighted by atomic mass is 127. The average Bonchev–Trinajstić information content (AvgIpc) is 2.72. The molecular weight excluding hydrogens is 644 g/mol. The summed E-state index contributed by atoms with van der Waals surface area (Å²) in [5.41, 5.74) is 4.90. The van der Waals surface area contributed by atoms with Gasteiger partial charge in [0.25, 0.3) is 0 Å². The van der Waals surface area contributed by atoms with Crippen LogP contribution in [0.25, 0.3) is 0 Å². The van der Waals surface area contributed by atoms with Crippen molar-refractivity contribution in [2.75, 3.05) is 36.8 Å². The fourth-order valence-electron chi connectivity index (χ4n) is 2.52. The first-order valence-electron chi connectivity index (χ1n) is 8.99. The number of benzene rings is 2. The number of hydrazone groups is 1. The van der Waals surface area contributed by atoms with Gasteiger partial charge in [-0.05, 0) is 62.9 Å². The van der Waals surface area contributed by atoms with Gasteiger partial charge >= 0.3 is 0 Å². The second kappa shape index (κ2) is 12.2. The Morgan fingerprint density at radius 3 is 2.45 bits per heavy atom. The maximum absolute atomic E-state index is 5.49. The fraction of sp³-hybridized carbons (Fsp3) is 0.200. The highest BCUT2D eigenvalue weighted by Gasteiger charge is 2.09. The first kappa shape index (κ1) is 25.3. The first-order valence-corrected chi connectivity index (χ1v) is 11.2. The van der Waals surface area contributed by atoms with Crippen molar-refractivity contribution < 1.29 is 4.74 Å². The molecule has 0 spiro atoms. The van der Waals surface area contributed by atoms with E-state index in [0.717, 1.165) is 24.0 Å². The Bertz CT molecular complexity index is 1040. The number of ether oxygens (including phenoxy) is 1. The molecule has 11 heteroatoms. The van der Waals surface area contributed by atoms with E-state index in [1.807, 2.05) is 61.5 Å². The van der Waals surface area contributed by atoms with E-state index in [0.29, 0.717) is 24.4 Å². The number of halogens is 3. The van der Waals surface area contributed by atoms with Crippen molar-refractivity contribution in [3.63, 3.8) is 0 Å². The van der Waals surface area contributed by atoms with Gasteiger partial charge in [0.15, 0.2) is 0 Å². The van der Waals surface area contributed by atoms with Crippen molar-refractivity contribution in [3.8, 4) is 5.75 Å². The molecule has 0 aliphatic rings. The molecule has 0 aliphatic carbocycles. The number of methoxy groups -OCH3 is 1. The van der Waals surface area contributed by atoms with Crippen LogP contribution in [-0.4, -0.2) is 42.4 Å². The predicted molar refractivity (Wildman–Crippen MR) is 145 cm³/mol. The van der Waals surface area contributed by atoms with Crippen molar-refractivity contribution in [1.82, 2.24) is 15.0 Å².